The lowest BCUT2D eigenvalue weighted by Gasteiger charge is -2.00. The molecular weight excluding hydrogens is 232 g/mol. The molecule has 1 aromatic carbocycles. The minimum absolute atomic E-state index is 0.381. The monoisotopic (exact) mass is 248 g/mol. The van der Waals surface area contributed by atoms with E-state index in [0.717, 1.165) is 25.2 Å². The van der Waals surface area contributed by atoms with Gasteiger partial charge in [-0.2, -0.15) is 0 Å². The van der Waals surface area contributed by atoms with Crippen LogP contribution in [0.2, 0.25) is 0 Å². The first-order valence-corrected chi connectivity index (χ1v) is 5.83. The van der Waals surface area contributed by atoms with E-state index in [-0.39, 0.29) is 0 Å². The molecule has 4 heteroatoms. The topological polar surface area (TPSA) is 52.6 Å². The fourth-order valence-electron chi connectivity index (χ4n) is 1.16. The molecule has 0 N–H and O–H groups in total. The van der Waals surface area contributed by atoms with Gasteiger partial charge in [0.15, 0.2) is 0 Å². The number of ether oxygens (including phenoxy) is 2. The van der Waals surface area contributed by atoms with Gasteiger partial charge in [0.05, 0.1) is 18.2 Å². The first-order valence-electron chi connectivity index (χ1n) is 5.83. The number of hydrogen-bond donors (Lipinski definition) is 0. The van der Waals surface area contributed by atoms with Crippen molar-refractivity contribution < 1.29 is 19.1 Å². The van der Waals surface area contributed by atoms with E-state index in [1.54, 1.807) is 30.3 Å². The lowest BCUT2D eigenvalue weighted by molar-refractivity contribution is -0.137. The lowest BCUT2D eigenvalue weighted by Crippen LogP contribution is -2.04. The molecule has 0 fully saturated rings. The van der Waals surface area contributed by atoms with Crippen LogP contribution >= 0.6 is 0 Å². The highest BCUT2D eigenvalue weighted by Gasteiger charge is 2.04. The molecule has 0 aliphatic carbocycles. The molecule has 18 heavy (non-hydrogen) atoms. The summed E-state index contributed by atoms with van der Waals surface area (Å²) in [5, 5.41) is 0. The third-order valence-corrected chi connectivity index (χ3v) is 2.13. The van der Waals surface area contributed by atoms with Gasteiger partial charge in [-0.15, -0.1) is 0 Å². The maximum absolute atomic E-state index is 11.5. The van der Waals surface area contributed by atoms with E-state index in [1.165, 1.54) is 0 Å². The van der Waals surface area contributed by atoms with Crippen LogP contribution in [0.25, 0.3) is 0 Å². The van der Waals surface area contributed by atoms with Crippen LogP contribution in [0.15, 0.2) is 42.7 Å². The Morgan fingerprint density at radius 3 is 2.61 bits per heavy atom. The molecule has 0 unspecified atom stereocenters. The molecule has 0 amide bonds. The maximum Gasteiger partial charge on any atom is 0.342 e. The van der Waals surface area contributed by atoms with Gasteiger partial charge in [-0.1, -0.05) is 31.5 Å². The van der Waals surface area contributed by atoms with Crippen LogP contribution < -0.4 is 0 Å². The van der Waals surface area contributed by atoms with Gasteiger partial charge in [-0.25, -0.2) is 9.59 Å². The Morgan fingerprint density at radius 2 is 1.94 bits per heavy atom. The summed E-state index contributed by atoms with van der Waals surface area (Å²) in [6, 6.07) is 8.54. The van der Waals surface area contributed by atoms with Gasteiger partial charge in [0.2, 0.25) is 0 Å². The SMILES string of the molecule is CCCCOC(=O)C=COC(=O)c1ccccc1. The van der Waals surface area contributed by atoms with Crippen molar-refractivity contribution in [1.82, 2.24) is 0 Å². The highest BCUT2D eigenvalue weighted by Crippen LogP contribution is 2.01. The minimum atomic E-state index is -0.510. The van der Waals surface area contributed by atoms with Gasteiger partial charge in [-0.3, -0.25) is 0 Å². The van der Waals surface area contributed by atoms with Crippen LogP contribution in [0.5, 0.6) is 0 Å². The van der Waals surface area contributed by atoms with E-state index >= 15 is 0 Å². The Hall–Kier alpha value is -2.10. The van der Waals surface area contributed by atoms with E-state index in [9.17, 15) is 9.59 Å². The van der Waals surface area contributed by atoms with Gasteiger partial charge < -0.3 is 9.47 Å². The summed E-state index contributed by atoms with van der Waals surface area (Å²) < 4.78 is 9.64. The molecule has 1 rings (SSSR count). The van der Waals surface area contributed by atoms with E-state index in [0.29, 0.717) is 12.2 Å². The molecule has 0 aromatic heterocycles. The van der Waals surface area contributed by atoms with Crippen LogP contribution in [-0.2, 0) is 14.3 Å². The number of unbranched alkanes of at least 4 members (excludes halogenated alkanes) is 1. The van der Waals surface area contributed by atoms with Crippen molar-refractivity contribution in [3.05, 3.63) is 48.2 Å². The summed E-state index contributed by atoms with van der Waals surface area (Å²) in [7, 11) is 0. The van der Waals surface area contributed by atoms with Crippen molar-refractivity contribution >= 4 is 11.9 Å². The van der Waals surface area contributed by atoms with E-state index in [2.05, 4.69) is 0 Å². The molecule has 0 saturated carbocycles. The fraction of sp³-hybridized carbons (Fsp3) is 0.286. The number of hydrogen-bond acceptors (Lipinski definition) is 4. The normalized spacial score (nSPS) is 10.3. The predicted octanol–water partition coefficient (Wildman–Crippen LogP) is 2.70. The zero-order valence-electron chi connectivity index (χ0n) is 10.3. The highest BCUT2D eigenvalue weighted by molar-refractivity contribution is 5.90. The van der Waals surface area contributed by atoms with Crippen molar-refractivity contribution in [2.24, 2.45) is 0 Å². The fourth-order valence-corrected chi connectivity index (χ4v) is 1.16. The number of rotatable bonds is 6. The van der Waals surface area contributed by atoms with Crippen LogP contribution in [0, 0.1) is 0 Å². The number of carbonyl (C=O) groups is 2. The maximum atomic E-state index is 11.5. The number of carbonyl (C=O) groups excluding carboxylic acids is 2. The second kappa shape index (κ2) is 8.06. The van der Waals surface area contributed by atoms with Crippen LogP contribution in [0.4, 0.5) is 0 Å². The van der Waals surface area contributed by atoms with Crippen molar-refractivity contribution in [3.63, 3.8) is 0 Å². The molecule has 0 heterocycles. The van der Waals surface area contributed by atoms with Crippen molar-refractivity contribution in [2.45, 2.75) is 19.8 Å². The molecule has 96 valence electrons. The molecule has 0 aliphatic rings. The third-order valence-electron chi connectivity index (χ3n) is 2.13. The summed E-state index contributed by atoms with van der Waals surface area (Å²) >= 11 is 0. The minimum Gasteiger partial charge on any atom is -0.462 e. The van der Waals surface area contributed by atoms with Crippen molar-refractivity contribution in [1.29, 1.82) is 0 Å². The number of benzene rings is 1. The largest absolute Gasteiger partial charge is 0.462 e. The second-order valence-corrected chi connectivity index (χ2v) is 3.60. The molecule has 4 nitrogen and oxygen atoms in total. The number of esters is 2. The molecule has 0 radical (unpaired) electrons. The molecule has 0 saturated heterocycles. The molecular formula is C14H16O4. The van der Waals surface area contributed by atoms with Crippen molar-refractivity contribution in [2.75, 3.05) is 6.61 Å². The van der Waals surface area contributed by atoms with E-state index < -0.39 is 11.9 Å². The van der Waals surface area contributed by atoms with Gasteiger partial charge in [-0.05, 0) is 18.6 Å². The summed E-state index contributed by atoms with van der Waals surface area (Å²) in [6.45, 7) is 2.39. The van der Waals surface area contributed by atoms with E-state index in [4.69, 9.17) is 9.47 Å². The predicted molar refractivity (Wildman–Crippen MR) is 66.9 cm³/mol. The first-order chi connectivity index (χ1) is 8.74. The van der Waals surface area contributed by atoms with Crippen LogP contribution in [0.3, 0.4) is 0 Å². The average molecular weight is 248 g/mol. The summed E-state index contributed by atoms with van der Waals surface area (Å²) in [4.78, 5) is 22.6. The smallest absolute Gasteiger partial charge is 0.342 e. The standard InChI is InChI=1S/C14H16O4/c1-2-3-10-17-13(15)9-11-18-14(16)12-7-5-4-6-8-12/h4-9,11H,2-3,10H2,1H3. The lowest BCUT2D eigenvalue weighted by atomic mass is 10.2. The highest BCUT2D eigenvalue weighted by atomic mass is 16.5. The average Bonchev–Trinajstić information content (AvgIpc) is 2.40. The van der Waals surface area contributed by atoms with Gasteiger partial charge in [0.25, 0.3) is 0 Å². The summed E-state index contributed by atoms with van der Waals surface area (Å²) in [6.07, 6.45) is 3.92. The Balaban J connectivity index is 2.32. The Morgan fingerprint density at radius 1 is 1.22 bits per heavy atom. The second-order valence-electron chi connectivity index (χ2n) is 3.60. The molecule has 0 atom stereocenters. The van der Waals surface area contributed by atoms with Crippen LogP contribution in [-0.4, -0.2) is 18.5 Å². The van der Waals surface area contributed by atoms with Gasteiger partial charge >= 0.3 is 11.9 Å². The first kappa shape index (κ1) is 14.0. The summed E-state index contributed by atoms with van der Waals surface area (Å²) in [5.74, 6) is -1.02. The molecule has 0 bridgehead atoms. The summed E-state index contributed by atoms with van der Waals surface area (Å²) in [5.41, 5.74) is 0.432. The Bertz CT molecular complexity index is 409. The van der Waals surface area contributed by atoms with Gasteiger partial charge in [0.1, 0.15) is 6.26 Å². The van der Waals surface area contributed by atoms with Gasteiger partial charge in [0, 0.05) is 0 Å². The molecule has 1 aromatic rings. The quantitative estimate of drug-likeness (QED) is 0.336. The van der Waals surface area contributed by atoms with Crippen LogP contribution in [0.1, 0.15) is 30.1 Å². The van der Waals surface area contributed by atoms with E-state index in [1.807, 2.05) is 6.92 Å². The zero-order valence-corrected chi connectivity index (χ0v) is 10.3. The molecule has 0 aliphatic heterocycles. The van der Waals surface area contributed by atoms with Crippen molar-refractivity contribution in [3.8, 4) is 0 Å². The third kappa shape index (κ3) is 5.30. The Labute approximate surface area is 106 Å². The molecule has 0 spiro atoms. The zero-order chi connectivity index (χ0) is 13.2. The Kier molecular flexibility index (Phi) is 6.25.